The number of hydrogen-bond acceptors (Lipinski definition) is 2. The second-order valence-electron chi connectivity index (χ2n) is 18.4. The van der Waals surface area contributed by atoms with Crippen molar-refractivity contribution in [2.45, 2.75) is 25.4 Å². The van der Waals surface area contributed by atoms with Gasteiger partial charge in [-0.1, -0.05) is 196 Å². The smallest absolute Gasteiger partial charge is 0.156 e. The van der Waals surface area contributed by atoms with Crippen LogP contribution in [0.2, 0.25) is 0 Å². The van der Waals surface area contributed by atoms with Crippen LogP contribution in [0.3, 0.4) is 0 Å². The van der Waals surface area contributed by atoms with Crippen LogP contribution >= 0.6 is 0 Å². The maximum Gasteiger partial charge on any atom is 0.156 e. The van der Waals surface area contributed by atoms with Crippen LogP contribution < -0.4 is 0 Å². The molecule has 3 atom stereocenters. The zero-order chi connectivity index (χ0) is 43.0. The Labute approximate surface area is 378 Å². The van der Waals surface area contributed by atoms with Gasteiger partial charge in [-0.15, -0.1) is 0 Å². The van der Waals surface area contributed by atoms with Crippen LogP contribution in [-0.4, -0.2) is 16.1 Å². The average Bonchev–Trinajstić information content (AvgIpc) is 3.95. The number of rotatable bonds is 4. The summed E-state index contributed by atoms with van der Waals surface area (Å²) < 4.78 is 2.55. The molecule has 14 rings (SSSR count). The van der Waals surface area contributed by atoms with E-state index in [1.54, 1.807) is 0 Å². The van der Waals surface area contributed by atoms with Gasteiger partial charge >= 0.3 is 0 Å². The molecule has 0 fully saturated rings. The molecule has 0 radical (unpaired) electrons. The molecule has 1 spiro atoms. The molecular weight excluding hydrogens is 787 g/mol. The molecule has 11 aromatic rings. The summed E-state index contributed by atoms with van der Waals surface area (Å²) in [5, 5.41) is 7.76. The van der Waals surface area contributed by atoms with Crippen molar-refractivity contribution in [1.82, 2.24) is 4.57 Å². The van der Waals surface area contributed by atoms with E-state index in [4.69, 9.17) is 9.98 Å². The van der Waals surface area contributed by atoms with Crippen LogP contribution in [0.15, 0.2) is 216 Å². The van der Waals surface area contributed by atoms with Crippen molar-refractivity contribution in [3.05, 3.63) is 240 Å². The molecule has 3 heteroatoms. The minimum Gasteiger partial charge on any atom is -0.317 e. The maximum atomic E-state index is 5.75. The largest absolute Gasteiger partial charge is 0.317 e. The summed E-state index contributed by atoms with van der Waals surface area (Å²) in [6.07, 6.45) is -0.219. The summed E-state index contributed by atoms with van der Waals surface area (Å²) in [4.78, 5) is 11.3. The molecule has 3 unspecified atom stereocenters. The molecule has 3 aliphatic rings. The van der Waals surface area contributed by atoms with Crippen molar-refractivity contribution in [1.29, 1.82) is 0 Å². The summed E-state index contributed by atoms with van der Waals surface area (Å²) in [6, 6.07) is 76.4. The Bertz CT molecular complexity index is 3750. The van der Waals surface area contributed by atoms with Gasteiger partial charge in [0, 0.05) is 28.2 Å². The first-order valence-electron chi connectivity index (χ1n) is 23.0. The van der Waals surface area contributed by atoms with Gasteiger partial charge in [-0.3, -0.25) is 0 Å². The quantitative estimate of drug-likeness (QED) is 0.158. The third-order valence-electron chi connectivity index (χ3n) is 15.3. The number of aromatic nitrogens is 1. The van der Waals surface area contributed by atoms with Gasteiger partial charge in [-0.2, -0.15) is 0 Å². The summed E-state index contributed by atoms with van der Waals surface area (Å²) >= 11 is 0. The molecule has 1 aromatic heterocycles. The van der Waals surface area contributed by atoms with E-state index in [-0.39, 0.29) is 18.0 Å². The first kappa shape index (κ1) is 36.6. The van der Waals surface area contributed by atoms with Gasteiger partial charge in [0.2, 0.25) is 0 Å². The van der Waals surface area contributed by atoms with E-state index in [1.165, 1.54) is 99.0 Å². The van der Waals surface area contributed by atoms with Crippen LogP contribution in [0, 0.1) is 11.8 Å². The number of benzene rings is 10. The van der Waals surface area contributed by atoms with Crippen LogP contribution in [0.1, 0.15) is 53.4 Å². The fourth-order valence-electron chi connectivity index (χ4n) is 12.3. The van der Waals surface area contributed by atoms with Gasteiger partial charge in [0.25, 0.3) is 0 Å². The van der Waals surface area contributed by atoms with E-state index in [2.05, 4.69) is 225 Å². The number of amidine groups is 1. The second-order valence-corrected chi connectivity index (χ2v) is 18.4. The Morgan fingerprint density at radius 2 is 0.877 bits per heavy atom. The van der Waals surface area contributed by atoms with Crippen LogP contribution in [0.5, 0.6) is 0 Å². The highest BCUT2D eigenvalue weighted by Gasteiger charge is 2.51. The van der Waals surface area contributed by atoms with Crippen molar-refractivity contribution in [3.63, 3.8) is 0 Å². The normalized spacial score (nSPS) is 18.2. The zero-order valence-electron chi connectivity index (χ0n) is 36.2. The lowest BCUT2D eigenvalue weighted by atomic mass is 9.70. The lowest BCUT2D eigenvalue weighted by Crippen LogP contribution is -2.26. The third-order valence-corrected chi connectivity index (χ3v) is 15.3. The molecule has 2 aliphatic carbocycles. The number of aliphatic imine (C=N–C) groups is 2. The topological polar surface area (TPSA) is 29.6 Å². The fourth-order valence-corrected chi connectivity index (χ4v) is 12.3. The number of fused-ring (bicyclic) bond motifs is 13. The molecule has 3 nitrogen and oxygen atoms in total. The first-order chi connectivity index (χ1) is 32.1. The van der Waals surface area contributed by atoms with Crippen LogP contribution in [-0.2, 0) is 5.41 Å². The predicted octanol–water partition coefficient (Wildman–Crippen LogP) is 15.3. The first-order valence-corrected chi connectivity index (χ1v) is 23.0. The molecule has 1 aliphatic heterocycles. The summed E-state index contributed by atoms with van der Waals surface area (Å²) in [5.74, 6) is 0.984. The average molecular weight is 830 g/mol. The Hall–Kier alpha value is -7.88. The molecular formula is C62H43N3. The van der Waals surface area contributed by atoms with Gasteiger partial charge in [-0.25, -0.2) is 9.98 Å². The predicted molar refractivity (Wildman–Crippen MR) is 271 cm³/mol. The Morgan fingerprint density at radius 3 is 1.46 bits per heavy atom. The Morgan fingerprint density at radius 1 is 0.400 bits per heavy atom. The van der Waals surface area contributed by atoms with E-state index < -0.39 is 5.41 Å². The highest BCUT2D eigenvalue weighted by atomic mass is 15.2. The maximum absolute atomic E-state index is 5.75. The fraction of sp³-hybridized carbons (Fsp3) is 0.0968. The molecule has 306 valence electrons. The van der Waals surface area contributed by atoms with E-state index in [0.717, 1.165) is 22.7 Å². The number of hydrogen-bond donors (Lipinski definition) is 0. The Kier molecular flexibility index (Phi) is 7.63. The van der Waals surface area contributed by atoms with E-state index >= 15 is 0 Å². The highest BCUT2D eigenvalue weighted by Crippen LogP contribution is 2.63. The third kappa shape index (κ3) is 4.90. The van der Waals surface area contributed by atoms with Crippen molar-refractivity contribution < 1.29 is 0 Å². The summed E-state index contributed by atoms with van der Waals surface area (Å²) in [5.41, 5.74) is 18.4. The summed E-state index contributed by atoms with van der Waals surface area (Å²) in [7, 11) is 0. The zero-order valence-corrected chi connectivity index (χ0v) is 36.2. The van der Waals surface area contributed by atoms with Crippen LogP contribution in [0.25, 0.3) is 76.7 Å². The standard InChI is InChI=1S/C62H43N3/c1-37-38(2)61(64-60(42-19-7-4-8-20-42)63-59(37)41-33-31-40(32-34-41)39-17-5-3-6-18-39)65-55-29-15-24-46-48-35-50-45-23-11-14-28-53(45)62(51-26-12-9-21-43(51)44-22-10-13-27-52(44)62)54(50)36-49(48)47-25-16-30-56(65)58(47)57(46)55/h3-38,61H,1-2H3. The molecule has 0 N–H and O–H groups in total. The molecule has 65 heavy (non-hydrogen) atoms. The van der Waals surface area contributed by atoms with Gasteiger partial charge in [0.1, 0.15) is 6.17 Å². The molecule has 0 saturated carbocycles. The van der Waals surface area contributed by atoms with Gasteiger partial charge < -0.3 is 4.57 Å². The Balaban J connectivity index is 0.999. The molecule has 0 bridgehead atoms. The van der Waals surface area contributed by atoms with Crippen molar-refractivity contribution >= 4 is 54.9 Å². The SMILES string of the molecule is CC1C(c2ccc(-c3ccccc3)cc2)=NC(c2ccccc2)=NC(n2c3cccc4c5cc6c(cc5c5cccc2c5c43)C2(c3ccccc3-c3ccccc32)c2ccccc2-6)C1C. The minimum atomic E-state index is -0.408. The monoisotopic (exact) mass is 829 g/mol. The highest BCUT2D eigenvalue weighted by molar-refractivity contribution is 6.34. The van der Waals surface area contributed by atoms with Gasteiger partial charge in [0.15, 0.2) is 5.84 Å². The van der Waals surface area contributed by atoms with Crippen molar-refractivity contribution in [2.75, 3.05) is 0 Å². The lowest BCUT2D eigenvalue weighted by Gasteiger charge is -2.30. The summed E-state index contributed by atoms with van der Waals surface area (Å²) in [6.45, 7) is 4.72. The lowest BCUT2D eigenvalue weighted by molar-refractivity contribution is 0.334. The van der Waals surface area contributed by atoms with Gasteiger partial charge in [-0.05, 0) is 107 Å². The number of nitrogens with zero attached hydrogens (tertiary/aromatic N) is 3. The minimum absolute atomic E-state index is 0.102. The molecule has 10 aromatic carbocycles. The second kappa shape index (κ2) is 13.6. The van der Waals surface area contributed by atoms with Crippen molar-refractivity contribution in [2.24, 2.45) is 21.8 Å². The molecule has 0 amide bonds. The van der Waals surface area contributed by atoms with Crippen LogP contribution in [0.4, 0.5) is 0 Å². The van der Waals surface area contributed by atoms with E-state index in [0.29, 0.717) is 0 Å². The molecule has 2 heterocycles. The van der Waals surface area contributed by atoms with Gasteiger partial charge in [0.05, 0.1) is 22.2 Å². The van der Waals surface area contributed by atoms with Crippen molar-refractivity contribution in [3.8, 4) is 33.4 Å². The molecule has 0 saturated heterocycles. The van der Waals surface area contributed by atoms with E-state index in [9.17, 15) is 0 Å². The van der Waals surface area contributed by atoms with E-state index in [1.807, 2.05) is 0 Å².